The SMILES string of the molecule is Cc1ccc(C2(C(O)C(=O)O)CC2)c(Br)c1. The van der Waals surface area contributed by atoms with Gasteiger partial charge < -0.3 is 10.2 Å². The zero-order chi connectivity index (χ0) is 11.9. The topological polar surface area (TPSA) is 57.5 Å². The number of aliphatic hydroxyl groups is 1. The van der Waals surface area contributed by atoms with Crippen LogP contribution in [0.25, 0.3) is 0 Å². The molecule has 4 heteroatoms. The van der Waals surface area contributed by atoms with Crippen molar-refractivity contribution in [1.29, 1.82) is 0 Å². The summed E-state index contributed by atoms with van der Waals surface area (Å²) in [5, 5.41) is 18.6. The van der Waals surface area contributed by atoms with Gasteiger partial charge in [-0.2, -0.15) is 0 Å². The lowest BCUT2D eigenvalue weighted by atomic mass is 9.89. The molecule has 0 amide bonds. The molecule has 0 spiro atoms. The number of rotatable bonds is 3. The number of halogens is 1. The molecule has 0 aliphatic heterocycles. The molecule has 1 saturated carbocycles. The van der Waals surface area contributed by atoms with Crippen molar-refractivity contribution in [3.63, 3.8) is 0 Å². The van der Waals surface area contributed by atoms with Gasteiger partial charge in [0.15, 0.2) is 6.10 Å². The van der Waals surface area contributed by atoms with E-state index in [1.165, 1.54) is 0 Å². The first-order valence-electron chi connectivity index (χ1n) is 5.15. The predicted octanol–water partition coefficient (Wildman–Crippen LogP) is 2.23. The van der Waals surface area contributed by atoms with Gasteiger partial charge in [-0.15, -0.1) is 0 Å². The molecule has 1 aliphatic rings. The van der Waals surface area contributed by atoms with Crippen LogP contribution in [-0.4, -0.2) is 22.3 Å². The van der Waals surface area contributed by atoms with Crippen molar-refractivity contribution in [2.24, 2.45) is 0 Å². The van der Waals surface area contributed by atoms with Gasteiger partial charge in [0, 0.05) is 9.89 Å². The minimum Gasteiger partial charge on any atom is -0.479 e. The standard InChI is InChI=1S/C12H13BrO3/c1-7-2-3-8(9(13)6-7)12(4-5-12)10(14)11(15)16/h2-3,6,10,14H,4-5H2,1H3,(H,15,16). The van der Waals surface area contributed by atoms with Gasteiger partial charge in [0.1, 0.15) is 0 Å². The number of aryl methyl sites for hydroxylation is 1. The molecule has 2 rings (SSSR count). The average Bonchev–Trinajstić information content (AvgIpc) is 2.97. The first-order valence-corrected chi connectivity index (χ1v) is 5.94. The van der Waals surface area contributed by atoms with E-state index in [-0.39, 0.29) is 0 Å². The van der Waals surface area contributed by atoms with E-state index >= 15 is 0 Å². The molecule has 2 N–H and O–H groups in total. The minimum absolute atomic E-state index is 0.585. The van der Waals surface area contributed by atoms with Gasteiger partial charge in [0.2, 0.25) is 0 Å². The summed E-state index contributed by atoms with van der Waals surface area (Å²) in [6, 6.07) is 5.79. The molecular formula is C12H13BrO3. The molecule has 0 aromatic heterocycles. The second kappa shape index (κ2) is 3.86. The van der Waals surface area contributed by atoms with Crippen LogP contribution < -0.4 is 0 Å². The van der Waals surface area contributed by atoms with E-state index in [2.05, 4.69) is 15.9 Å². The van der Waals surface area contributed by atoms with Crippen molar-refractivity contribution in [2.45, 2.75) is 31.3 Å². The summed E-state index contributed by atoms with van der Waals surface area (Å²) in [6.07, 6.45) is 0.135. The van der Waals surface area contributed by atoms with Crippen LogP contribution >= 0.6 is 15.9 Å². The summed E-state index contributed by atoms with van der Waals surface area (Å²) in [5.74, 6) is -1.15. The summed E-state index contributed by atoms with van der Waals surface area (Å²) < 4.78 is 0.880. The molecule has 16 heavy (non-hydrogen) atoms. The smallest absolute Gasteiger partial charge is 0.333 e. The summed E-state index contributed by atoms with van der Waals surface area (Å²) in [5.41, 5.74) is 1.42. The third-order valence-corrected chi connectivity index (χ3v) is 3.86. The highest BCUT2D eigenvalue weighted by atomic mass is 79.9. The van der Waals surface area contributed by atoms with Gasteiger partial charge in [0.05, 0.1) is 0 Å². The van der Waals surface area contributed by atoms with Crippen molar-refractivity contribution in [1.82, 2.24) is 0 Å². The van der Waals surface area contributed by atoms with E-state index in [1.807, 2.05) is 25.1 Å². The molecule has 0 radical (unpaired) electrons. The highest BCUT2D eigenvalue weighted by Gasteiger charge is 2.54. The van der Waals surface area contributed by atoms with Crippen molar-refractivity contribution in [3.05, 3.63) is 33.8 Å². The van der Waals surface area contributed by atoms with Crippen LogP contribution in [0.5, 0.6) is 0 Å². The van der Waals surface area contributed by atoms with Crippen molar-refractivity contribution < 1.29 is 15.0 Å². The molecule has 0 bridgehead atoms. The third-order valence-electron chi connectivity index (χ3n) is 3.21. The number of carboxylic acids is 1. The molecule has 1 aromatic rings. The predicted molar refractivity (Wildman–Crippen MR) is 63.4 cm³/mol. The van der Waals surface area contributed by atoms with Crippen molar-refractivity contribution in [3.8, 4) is 0 Å². The van der Waals surface area contributed by atoms with Crippen LogP contribution in [0.4, 0.5) is 0 Å². The highest BCUT2D eigenvalue weighted by molar-refractivity contribution is 9.10. The molecule has 3 nitrogen and oxygen atoms in total. The van der Waals surface area contributed by atoms with Crippen LogP contribution in [0.3, 0.4) is 0 Å². The zero-order valence-electron chi connectivity index (χ0n) is 8.90. The first kappa shape index (κ1) is 11.6. The van der Waals surface area contributed by atoms with Crippen molar-refractivity contribution >= 4 is 21.9 Å². The average molecular weight is 285 g/mol. The second-order valence-electron chi connectivity index (χ2n) is 4.38. The third kappa shape index (κ3) is 1.76. The van der Waals surface area contributed by atoms with Gasteiger partial charge in [-0.1, -0.05) is 28.1 Å². The fourth-order valence-electron chi connectivity index (χ4n) is 2.09. The Morgan fingerprint density at radius 2 is 2.12 bits per heavy atom. The summed E-state index contributed by atoms with van der Waals surface area (Å²) in [6.45, 7) is 1.97. The van der Waals surface area contributed by atoms with Crippen LogP contribution in [0.15, 0.2) is 22.7 Å². The van der Waals surface area contributed by atoms with Crippen LogP contribution in [0.2, 0.25) is 0 Å². The molecule has 1 unspecified atom stereocenters. The van der Waals surface area contributed by atoms with Crippen LogP contribution in [0.1, 0.15) is 24.0 Å². The molecule has 86 valence electrons. The Bertz CT molecular complexity index is 438. The minimum atomic E-state index is -1.31. The van der Waals surface area contributed by atoms with Gasteiger partial charge >= 0.3 is 5.97 Å². The zero-order valence-corrected chi connectivity index (χ0v) is 10.5. The first-order chi connectivity index (χ1) is 7.47. The summed E-state index contributed by atoms with van der Waals surface area (Å²) in [4.78, 5) is 10.9. The van der Waals surface area contributed by atoms with E-state index in [4.69, 9.17) is 5.11 Å². The second-order valence-corrected chi connectivity index (χ2v) is 5.23. The molecular weight excluding hydrogens is 272 g/mol. The lowest BCUT2D eigenvalue weighted by Crippen LogP contribution is -2.34. The van der Waals surface area contributed by atoms with E-state index < -0.39 is 17.5 Å². The Kier molecular flexibility index (Phi) is 2.80. The molecule has 1 aliphatic carbocycles. The Balaban J connectivity index is 2.40. The molecule has 1 aromatic carbocycles. The number of benzene rings is 1. The molecule has 1 atom stereocenters. The summed E-state index contributed by atoms with van der Waals surface area (Å²) in [7, 11) is 0. The van der Waals surface area contributed by atoms with Gasteiger partial charge in [-0.05, 0) is 37.0 Å². The van der Waals surface area contributed by atoms with Crippen LogP contribution in [0, 0.1) is 6.92 Å². The van der Waals surface area contributed by atoms with E-state index in [0.717, 1.165) is 28.4 Å². The normalized spacial score (nSPS) is 19.2. The van der Waals surface area contributed by atoms with E-state index in [0.29, 0.717) is 0 Å². The lowest BCUT2D eigenvalue weighted by Gasteiger charge is -2.20. The maximum absolute atomic E-state index is 10.9. The Hall–Kier alpha value is -0.870. The summed E-state index contributed by atoms with van der Waals surface area (Å²) >= 11 is 3.44. The monoisotopic (exact) mass is 284 g/mol. The molecule has 0 heterocycles. The number of aliphatic hydroxyl groups excluding tert-OH is 1. The fourth-order valence-corrected chi connectivity index (χ4v) is 2.97. The van der Waals surface area contributed by atoms with Gasteiger partial charge in [-0.3, -0.25) is 0 Å². The highest BCUT2D eigenvalue weighted by Crippen LogP contribution is 2.53. The molecule has 0 saturated heterocycles. The van der Waals surface area contributed by atoms with E-state index in [9.17, 15) is 9.90 Å². The molecule has 1 fully saturated rings. The number of hydrogen-bond acceptors (Lipinski definition) is 2. The van der Waals surface area contributed by atoms with Gasteiger partial charge in [-0.25, -0.2) is 4.79 Å². The fraction of sp³-hybridized carbons (Fsp3) is 0.417. The maximum atomic E-state index is 10.9. The number of hydrogen-bond donors (Lipinski definition) is 2. The Morgan fingerprint density at radius 1 is 1.50 bits per heavy atom. The maximum Gasteiger partial charge on any atom is 0.333 e. The quantitative estimate of drug-likeness (QED) is 0.895. The number of aliphatic carboxylic acids is 1. The Morgan fingerprint density at radius 3 is 2.56 bits per heavy atom. The van der Waals surface area contributed by atoms with Crippen molar-refractivity contribution in [2.75, 3.05) is 0 Å². The lowest BCUT2D eigenvalue weighted by molar-refractivity contribution is -0.148. The largest absolute Gasteiger partial charge is 0.479 e. The number of carboxylic acid groups (broad SMARTS) is 1. The van der Waals surface area contributed by atoms with Gasteiger partial charge in [0.25, 0.3) is 0 Å². The van der Waals surface area contributed by atoms with E-state index in [1.54, 1.807) is 0 Å². The Labute approximate surface area is 102 Å². The van der Waals surface area contributed by atoms with Crippen LogP contribution in [-0.2, 0) is 10.2 Å². The number of carbonyl (C=O) groups is 1.